The van der Waals surface area contributed by atoms with Crippen molar-refractivity contribution in [3.8, 4) is 6.07 Å². The number of nitriles is 1. The molecule has 0 aliphatic carbocycles. The van der Waals surface area contributed by atoms with Crippen molar-refractivity contribution in [3.05, 3.63) is 59.2 Å². The number of nitrogens with one attached hydrogen (secondary N) is 1. The van der Waals surface area contributed by atoms with Gasteiger partial charge in [-0.1, -0.05) is 32.0 Å². The van der Waals surface area contributed by atoms with E-state index in [1.807, 2.05) is 38.1 Å². The van der Waals surface area contributed by atoms with Crippen LogP contribution in [0.25, 0.3) is 0 Å². The average Bonchev–Trinajstić information content (AvgIpc) is 2.67. The molecule has 1 amide bonds. The summed E-state index contributed by atoms with van der Waals surface area (Å²) in [5.41, 5.74) is 3.64. The van der Waals surface area contributed by atoms with E-state index >= 15 is 0 Å². The molecule has 0 radical (unpaired) electrons. The van der Waals surface area contributed by atoms with Crippen LogP contribution in [0.4, 0.5) is 11.4 Å². The number of benzene rings is 2. The molecule has 0 heterocycles. The number of carbonyl (C=O) groups is 1. The maximum Gasteiger partial charge on any atom is 0.232 e. The summed E-state index contributed by atoms with van der Waals surface area (Å²) in [6, 6.07) is 14.3. The summed E-state index contributed by atoms with van der Waals surface area (Å²) < 4.78 is 26.3. The van der Waals surface area contributed by atoms with Gasteiger partial charge in [0.1, 0.15) is 0 Å². The highest BCUT2D eigenvalue weighted by atomic mass is 32.2. The lowest BCUT2D eigenvalue weighted by Gasteiger charge is -2.27. The van der Waals surface area contributed by atoms with Crippen LogP contribution in [-0.2, 0) is 27.7 Å². The molecular weight excluding hydrogens is 374 g/mol. The van der Waals surface area contributed by atoms with Crippen molar-refractivity contribution in [1.82, 2.24) is 0 Å². The summed E-state index contributed by atoms with van der Waals surface area (Å²) >= 11 is 0. The number of amides is 1. The number of sulfonamides is 1. The number of hydrogen-bond acceptors (Lipinski definition) is 4. The molecule has 0 saturated heterocycles. The number of carbonyl (C=O) groups excluding carboxylic acids is 1. The molecule has 2 aromatic rings. The van der Waals surface area contributed by atoms with E-state index in [0.717, 1.165) is 17.4 Å². The minimum Gasteiger partial charge on any atom is -0.326 e. The molecule has 0 aliphatic heterocycles. The molecule has 1 N–H and O–H groups in total. The first kappa shape index (κ1) is 21.5. The lowest BCUT2D eigenvalue weighted by atomic mass is 10.0. The van der Waals surface area contributed by atoms with E-state index in [0.29, 0.717) is 29.8 Å². The number of aryl methyl sites for hydroxylation is 2. The van der Waals surface area contributed by atoms with E-state index in [4.69, 9.17) is 5.26 Å². The van der Waals surface area contributed by atoms with Gasteiger partial charge >= 0.3 is 0 Å². The first-order valence-corrected chi connectivity index (χ1v) is 11.0. The molecule has 2 rings (SSSR count). The zero-order valence-electron chi connectivity index (χ0n) is 16.4. The summed E-state index contributed by atoms with van der Waals surface area (Å²) in [5.74, 6) is -0.287. The highest BCUT2D eigenvalue weighted by Gasteiger charge is 2.23. The first-order chi connectivity index (χ1) is 13.3. The van der Waals surface area contributed by atoms with E-state index in [1.54, 1.807) is 24.3 Å². The zero-order valence-corrected chi connectivity index (χ0v) is 17.2. The van der Waals surface area contributed by atoms with Crippen LogP contribution in [-0.4, -0.2) is 27.1 Å². The molecule has 0 unspecified atom stereocenters. The largest absolute Gasteiger partial charge is 0.326 e. The van der Waals surface area contributed by atoms with Crippen LogP contribution in [0.1, 0.15) is 37.0 Å². The molecule has 148 valence electrons. The molecule has 28 heavy (non-hydrogen) atoms. The normalized spacial score (nSPS) is 10.9. The van der Waals surface area contributed by atoms with Gasteiger partial charge in [-0.25, -0.2) is 8.42 Å². The third-order valence-corrected chi connectivity index (χ3v) is 5.62. The van der Waals surface area contributed by atoms with E-state index in [1.165, 1.54) is 4.31 Å². The van der Waals surface area contributed by atoms with Crippen LogP contribution < -0.4 is 9.62 Å². The van der Waals surface area contributed by atoms with E-state index in [2.05, 4.69) is 5.32 Å². The smallest absolute Gasteiger partial charge is 0.232 e. The second-order valence-corrected chi connectivity index (χ2v) is 8.36. The average molecular weight is 400 g/mol. The van der Waals surface area contributed by atoms with Crippen LogP contribution in [0.2, 0.25) is 0 Å². The Bertz CT molecular complexity index is 955. The maximum absolute atomic E-state index is 12.5. The Morgan fingerprint density at radius 1 is 1.07 bits per heavy atom. The van der Waals surface area contributed by atoms with Crippen molar-refractivity contribution < 1.29 is 13.2 Å². The SMILES string of the molecule is CCc1cccc(CC)c1N(CCC(=O)Nc1ccc(C#N)cc1)S(C)(=O)=O. The number of anilines is 2. The minimum atomic E-state index is -3.54. The fraction of sp³-hybridized carbons (Fsp3) is 0.333. The van der Waals surface area contributed by atoms with Gasteiger partial charge in [-0.05, 0) is 48.2 Å². The Kier molecular flexibility index (Phi) is 7.18. The molecule has 0 spiro atoms. The van der Waals surface area contributed by atoms with Gasteiger partial charge in [0, 0.05) is 18.7 Å². The van der Waals surface area contributed by atoms with Gasteiger partial charge in [0.05, 0.1) is 23.6 Å². The summed E-state index contributed by atoms with van der Waals surface area (Å²) in [5, 5.41) is 11.6. The first-order valence-electron chi connectivity index (χ1n) is 9.18. The Hall–Kier alpha value is -2.85. The maximum atomic E-state index is 12.5. The number of para-hydroxylation sites is 1. The number of hydrogen-bond donors (Lipinski definition) is 1. The Balaban J connectivity index is 2.20. The second-order valence-electron chi connectivity index (χ2n) is 6.45. The minimum absolute atomic E-state index is 0.0221. The number of rotatable bonds is 8. The predicted molar refractivity (Wildman–Crippen MR) is 112 cm³/mol. The van der Waals surface area contributed by atoms with Crippen LogP contribution in [0.5, 0.6) is 0 Å². The van der Waals surface area contributed by atoms with Crippen molar-refractivity contribution in [2.75, 3.05) is 22.4 Å². The fourth-order valence-corrected chi connectivity index (χ4v) is 4.02. The third kappa shape index (κ3) is 5.33. The van der Waals surface area contributed by atoms with E-state index < -0.39 is 10.0 Å². The van der Waals surface area contributed by atoms with Crippen LogP contribution in [0.15, 0.2) is 42.5 Å². The van der Waals surface area contributed by atoms with Gasteiger partial charge < -0.3 is 5.32 Å². The van der Waals surface area contributed by atoms with Gasteiger partial charge in [0.15, 0.2) is 0 Å². The Morgan fingerprint density at radius 3 is 2.11 bits per heavy atom. The van der Waals surface area contributed by atoms with Crippen LogP contribution in [0.3, 0.4) is 0 Å². The van der Waals surface area contributed by atoms with Gasteiger partial charge in [0.2, 0.25) is 15.9 Å². The number of nitrogens with zero attached hydrogens (tertiary/aromatic N) is 2. The fourth-order valence-electron chi connectivity index (χ4n) is 3.03. The summed E-state index contributed by atoms with van der Waals surface area (Å²) in [6.45, 7) is 4.03. The summed E-state index contributed by atoms with van der Waals surface area (Å²) in [6.07, 6.45) is 2.59. The van der Waals surface area contributed by atoms with Crippen molar-refractivity contribution in [3.63, 3.8) is 0 Å². The van der Waals surface area contributed by atoms with Gasteiger partial charge in [-0.15, -0.1) is 0 Å². The van der Waals surface area contributed by atoms with E-state index in [9.17, 15) is 13.2 Å². The monoisotopic (exact) mass is 399 g/mol. The topological polar surface area (TPSA) is 90.3 Å². The Morgan fingerprint density at radius 2 is 1.64 bits per heavy atom. The molecule has 0 aliphatic rings. The van der Waals surface area contributed by atoms with Crippen molar-refractivity contribution in [1.29, 1.82) is 5.26 Å². The van der Waals surface area contributed by atoms with Gasteiger partial charge in [-0.3, -0.25) is 9.10 Å². The standard InChI is InChI=1S/C21H25N3O3S/c1-4-17-7-6-8-18(5-2)21(17)24(28(3,26)27)14-13-20(25)23-19-11-9-16(15-22)10-12-19/h6-12H,4-5,13-14H2,1-3H3,(H,23,25). The molecular formula is C21H25N3O3S. The molecule has 0 bridgehead atoms. The molecule has 0 aromatic heterocycles. The molecule has 0 atom stereocenters. The summed E-state index contributed by atoms with van der Waals surface area (Å²) in [7, 11) is -3.54. The van der Waals surface area contributed by atoms with Crippen molar-refractivity contribution in [2.24, 2.45) is 0 Å². The quantitative estimate of drug-likeness (QED) is 0.736. The Labute approximate surface area is 166 Å². The lowest BCUT2D eigenvalue weighted by molar-refractivity contribution is -0.116. The third-order valence-electron chi connectivity index (χ3n) is 4.45. The molecule has 0 saturated carbocycles. The lowest BCUT2D eigenvalue weighted by Crippen LogP contribution is -2.34. The molecule has 7 heteroatoms. The molecule has 0 fully saturated rings. The van der Waals surface area contributed by atoms with Crippen LogP contribution in [0, 0.1) is 11.3 Å². The predicted octanol–water partition coefficient (Wildman–Crippen LogP) is 3.48. The van der Waals surface area contributed by atoms with Crippen molar-refractivity contribution in [2.45, 2.75) is 33.1 Å². The van der Waals surface area contributed by atoms with E-state index in [-0.39, 0.29) is 18.9 Å². The second kappa shape index (κ2) is 9.38. The summed E-state index contributed by atoms with van der Waals surface area (Å²) in [4.78, 5) is 12.3. The molecule has 6 nitrogen and oxygen atoms in total. The van der Waals surface area contributed by atoms with Gasteiger partial charge in [0.25, 0.3) is 0 Å². The van der Waals surface area contributed by atoms with Crippen molar-refractivity contribution >= 4 is 27.3 Å². The van der Waals surface area contributed by atoms with Crippen LogP contribution >= 0.6 is 0 Å². The highest BCUT2D eigenvalue weighted by molar-refractivity contribution is 7.92. The molecule has 2 aromatic carbocycles. The van der Waals surface area contributed by atoms with Gasteiger partial charge in [-0.2, -0.15) is 5.26 Å². The highest BCUT2D eigenvalue weighted by Crippen LogP contribution is 2.29. The zero-order chi connectivity index (χ0) is 20.7.